The third-order valence-electron chi connectivity index (χ3n) is 1.95. The van der Waals surface area contributed by atoms with Crippen molar-refractivity contribution in [1.82, 2.24) is 0 Å². The first-order valence-corrected chi connectivity index (χ1v) is 4.64. The summed E-state index contributed by atoms with van der Waals surface area (Å²) in [4.78, 5) is 0. The zero-order chi connectivity index (χ0) is 8.81. The first kappa shape index (κ1) is 12.5. The zero-order valence-electron chi connectivity index (χ0n) is 8.08. The van der Waals surface area contributed by atoms with E-state index in [1.807, 2.05) is 12.1 Å². The molecule has 0 fully saturated rings. The van der Waals surface area contributed by atoms with Crippen LogP contribution in [0.4, 0.5) is 0 Å². The Morgan fingerprint density at radius 3 is 2.46 bits per heavy atom. The first-order valence-electron chi connectivity index (χ1n) is 4.64. The Balaban J connectivity index is 0.00000144. The molecule has 0 unspecified atom stereocenters. The predicted octanol–water partition coefficient (Wildman–Crippen LogP) is 2.89. The van der Waals surface area contributed by atoms with Crippen LogP contribution in [-0.2, 0) is 13.0 Å². The minimum Gasteiger partial charge on any atom is -0.465 e. The van der Waals surface area contributed by atoms with E-state index in [2.05, 4.69) is 6.92 Å². The molecule has 3 heteroatoms. The lowest BCUT2D eigenvalue weighted by Gasteiger charge is -1.94. The number of furan rings is 1. The molecular formula is C10H18ClNO. The number of aryl methyl sites for hydroxylation is 1. The maximum atomic E-state index is 5.45. The van der Waals surface area contributed by atoms with Gasteiger partial charge in [-0.25, -0.2) is 0 Å². The van der Waals surface area contributed by atoms with E-state index in [0.29, 0.717) is 6.54 Å². The summed E-state index contributed by atoms with van der Waals surface area (Å²) < 4.78 is 5.45. The lowest BCUT2D eigenvalue weighted by molar-refractivity contribution is 0.458. The highest BCUT2D eigenvalue weighted by molar-refractivity contribution is 5.85. The Labute approximate surface area is 85.9 Å². The van der Waals surface area contributed by atoms with E-state index in [-0.39, 0.29) is 12.4 Å². The van der Waals surface area contributed by atoms with Crippen molar-refractivity contribution in [2.75, 3.05) is 0 Å². The van der Waals surface area contributed by atoms with Crippen LogP contribution in [0.1, 0.15) is 37.7 Å². The fourth-order valence-electron chi connectivity index (χ4n) is 1.22. The molecule has 0 atom stereocenters. The second-order valence-corrected chi connectivity index (χ2v) is 3.03. The second-order valence-electron chi connectivity index (χ2n) is 3.03. The Bertz CT molecular complexity index is 222. The molecule has 13 heavy (non-hydrogen) atoms. The van der Waals surface area contributed by atoms with Gasteiger partial charge >= 0.3 is 0 Å². The maximum absolute atomic E-state index is 5.45. The summed E-state index contributed by atoms with van der Waals surface area (Å²) in [7, 11) is 0. The van der Waals surface area contributed by atoms with Gasteiger partial charge in [0.15, 0.2) is 0 Å². The third kappa shape index (κ3) is 4.34. The van der Waals surface area contributed by atoms with Crippen molar-refractivity contribution < 1.29 is 4.42 Å². The van der Waals surface area contributed by atoms with Crippen LogP contribution in [0.2, 0.25) is 0 Å². The molecule has 0 saturated carbocycles. The Kier molecular flexibility index (Phi) is 6.73. The lowest BCUT2D eigenvalue weighted by atomic mass is 10.2. The normalized spacial score (nSPS) is 9.69. The minimum absolute atomic E-state index is 0. The van der Waals surface area contributed by atoms with E-state index < -0.39 is 0 Å². The van der Waals surface area contributed by atoms with Crippen LogP contribution in [0.15, 0.2) is 16.5 Å². The van der Waals surface area contributed by atoms with Gasteiger partial charge in [-0.2, -0.15) is 0 Å². The molecule has 0 saturated heterocycles. The number of halogens is 1. The largest absolute Gasteiger partial charge is 0.465 e. The molecule has 0 spiro atoms. The third-order valence-corrected chi connectivity index (χ3v) is 1.95. The number of unbranched alkanes of at least 4 members (excludes halogenated alkanes) is 2. The molecule has 1 aromatic heterocycles. The summed E-state index contributed by atoms with van der Waals surface area (Å²) in [5, 5.41) is 0. The van der Waals surface area contributed by atoms with Gasteiger partial charge < -0.3 is 10.2 Å². The molecule has 0 amide bonds. The quantitative estimate of drug-likeness (QED) is 0.748. The van der Waals surface area contributed by atoms with E-state index in [1.54, 1.807) is 0 Å². The first-order chi connectivity index (χ1) is 5.86. The Morgan fingerprint density at radius 1 is 1.23 bits per heavy atom. The van der Waals surface area contributed by atoms with Gasteiger partial charge in [0.1, 0.15) is 11.5 Å². The van der Waals surface area contributed by atoms with Crippen molar-refractivity contribution in [3.63, 3.8) is 0 Å². The topological polar surface area (TPSA) is 39.2 Å². The molecule has 0 bridgehead atoms. The van der Waals surface area contributed by atoms with Crippen molar-refractivity contribution in [3.8, 4) is 0 Å². The highest BCUT2D eigenvalue weighted by Crippen LogP contribution is 2.10. The van der Waals surface area contributed by atoms with Gasteiger partial charge in [-0.15, -0.1) is 12.4 Å². The summed E-state index contributed by atoms with van der Waals surface area (Å²) >= 11 is 0. The molecule has 0 aliphatic rings. The molecule has 0 aliphatic carbocycles. The van der Waals surface area contributed by atoms with Crippen molar-refractivity contribution in [2.24, 2.45) is 5.73 Å². The van der Waals surface area contributed by atoms with Gasteiger partial charge in [0, 0.05) is 6.42 Å². The summed E-state index contributed by atoms with van der Waals surface area (Å²) in [5.74, 6) is 1.96. The van der Waals surface area contributed by atoms with E-state index in [9.17, 15) is 0 Å². The zero-order valence-corrected chi connectivity index (χ0v) is 8.90. The lowest BCUT2D eigenvalue weighted by Crippen LogP contribution is -1.92. The number of hydrogen-bond acceptors (Lipinski definition) is 2. The Hall–Kier alpha value is -0.470. The molecule has 2 N–H and O–H groups in total. The van der Waals surface area contributed by atoms with Gasteiger partial charge in [0.2, 0.25) is 0 Å². The molecule has 2 nitrogen and oxygen atoms in total. The van der Waals surface area contributed by atoms with Gasteiger partial charge in [-0.3, -0.25) is 0 Å². The molecule has 1 aromatic rings. The maximum Gasteiger partial charge on any atom is 0.117 e. The summed E-state index contributed by atoms with van der Waals surface area (Å²) in [6, 6.07) is 3.99. The van der Waals surface area contributed by atoms with Crippen molar-refractivity contribution in [2.45, 2.75) is 39.2 Å². The van der Waals surface area contributed by atoms with E-state index in [0.717, 1.165) is 17.9 Å². The van der Waals surface area contributed by atoms with Crippen LogP contribution in [-0.4, -0.2) is 0 Å². The van der Waals surface area contributed by atoms with Gasteiger partial charge in [0.25, 0.3) is 0 Å². The molecule has 1 rings (SSSR count). The number of rotatable bonds is 5. The van der Waals surface area contributed by atoms with Crippen LogP contribution in [0.25, 0.3) is 0 Å². The van der Waals surface area contributed by atoms with Gasteiger partial charge in [-0.05, 0) is 18.6 Å². The molecular weight excluding hydrogens is 186 g/mol. The Morgan fingerprint density at radius 2 is 1.92 bits per heavy atom. The van der Waals surface area contributed by atoms with E-state index in [1.165, 1.54) is 19.3 Å². The van der Waals surface area contributed by atoms with Crippen LogP contribution in [0.3, 0.4) is 0 Å². The average molecular weight is 204 g/mol. The SMILES string of the molecule is CCCCCc1ccc(CN)o1.Cl. The van der Waals surface area contributed by atoms with Gasteiger partial charge in [-0.1, -0.05) is 19.8 Å². The molecule has 76 valence electrons. The molecule has 0 aliphatic heterocycles. The smallest absolute Gasteiger partial charge is 0.117 e. The number of nitrogens with two attached hydrogens (primary N) is 1. The summed E-state index contributed by atoms with van der Waals surface area (Å²) in [6.07, 6.45) is 4.80. The van der Waals surface area contributed by atoms with Crippen LogP contribution in [0, 0.1) is 0 Å². The molecule has 1 heterocycles. The summed E-state index contributed by atoms with van der Waals surface area (Å²) in [5.41, 5.74) is 5.42. The fraction of sp³-hybridized carbons (Fsp3) is 0.600. The second kappa shape index (κ2) is 6.98. The monoisotopic (exact) mass is 203 g/mol. The van der Waals surface area contributed by atoms with E-state index in [4.69, 9.17) is 10.2 Å². The molecule has 0 radical (unpaired) electrons. The van der Waals surface area contributed by atoms with Crippen LogP contribution < -0.4 is 5.73 Å². The standard InChI is InChI=1S/C10H17NO.ClH/c1-2-3-4-5-9-6-7-10(8-11)12-9;/h6-7H,2-5,8,11H2,1H3;1H. The highest BCUT2D eigenvalue weighted by atomic mass is 35.5. The average Bonchev–Trinajstić information content (AvgIpc) is 2.53. The molecule has 0 aromatic carbocycles. The highest BCUT2D eigenvalue weighted by Gasteiger charge is 1.98. The van der Waals surface area contributed by atoms with Crippen molar-refractivity contribution in [1.29, 1.82) is 0 Å². The van der Waals surface area contributed by atoms with Crippen molar-refractivity contribution >= 4 is 12.4 Å². The summed E-state index contributed by atoms with van der Waals surface area (Å²) in [6.45, 7) is 2.71. The number of hydrogen-bond donors (Lipinski definition) is 1. The van der Waals surface area contributed by atoms with Gasteiger partial charge in [0.05, 0.1) is 6.54 Å². The van der Waals surface area contributed by atoms with Crippen LogP contribution >= 0.6 is 12.4 Å². The minimum atomic E-state index is 0. The van der Waals surface area contributed by atoms with Crippen molar-refractivity contribution in [3.05, 3.63) is 23.7 Å². The van der Waals surface area contributed by atoms with E-state index >= 15 is 0 Å². The van der Waals surface area contributed by atoms with Crippen LogP contribution in [0.5, 0.6) is 0 Å². The predicted molar refractivity (Wildman–Crippen MR) is 57.1 cm³/mol. The fourth-order valence-corrected chi connectivity index (χ4v) is 1.22.